The van der Waals surface area contributed by atoms with Gasteiger partial charge >= 0.3 is 0 Å². The summed E-state index contributed by atoms with van der Waals surface area (Å²) < 4.78 is 5.43. The van der Waals surface area contributed by atoms with Gasteiger partial charge in [-0.1, -0.05) is 18.5 Å². The quantitative estimate of drug-likeness (QED) is 0.845. The third-order valence-corrected chi connectivity index (χ3v) is 3.78. The van der Waals surface area contributed by atoms with Crippen LogP contribution in [0.3, 0.4) is 0 Å². The van der Waals surface area contributed by atoms with Gasteiger partial charge in [0, 0.05) is 18.8 Å². The molecular weight excluding hydrogens is 304 g/mol. The van der Waals surface area contributed by atoms with E-state index in [1.165, 1.54) is 0 Å². The zero-order valence-corrected chi connectivity index (χ0v) is 13.4. The molecule has 2 N–H and O–H groups in total. The number of amides is 2. The second-order valence-corrected chi connectivity index (χ2v) is 5.75. The number of hydrogen-bond acceptors (Lipinski definition) is 3. The lowest BCUT2D eigenvalue weighted by molar-refractivity contribution is -0.118. The van der Waals surface area contributed by atoms with Gasteiger partial charge in [-0.05, 0) is 37.5 Å². The molecule has 0 aromatic heterocycles. The summed E-state index contributed by atoms with van der Waals surface area (Å²) in [6.45, 7) is 3.31. The lowest BCUT2D eigenvalue weighted by Gasteiger charge is -2.11. The van der Waals surface area contributed by atoms with Crippen LogP contribution >= 0.6 is 11.6 Å². The molecule has 0 saturated carbocycles. The largest absolute Gasteiger partial charge is 0.378 e. The highest BCUT2D eigenvalue weighted by atomic mass is 35.5. The number of benzene rings is 1. The van der Waals surface area contributed by atoms with Gasteiger partial charge in [-0.25, -0.2) is 0 Å². The zero-order chi connectivity index (χ0) is 15.9. The van der Waals surface area contributed by atoms with Crippen LogP contribution in [0.4, 0.5) is 5.69 Å². The van der Waals surface area contributed by atoms with Gasteiger partial charge in [-0.3, -0.25) is 9.59 Å². The van der Waals surface area contributed by atoms with Gasteiger partial charge in [0.2, 0.25) is 5.91 Å². The van der Waals surface area contributed by atoms with Gasteiger partial charge in [0.25, 0.3) is 5.91 Å². The second-order valence-electron chi connectivity index (χ2n) is 5.34. The van der Waals surface area contributed by atoms with Crippen molar-refractivity contribution in [3.8, 4) is 0 Å². The van der Waals surface area contributed by atoms with E-state index in [1.54, 1.807) is 18.2 Å². The summed E-state index contributed by atoms with van der Waals surface area (Å²) in [6, 6.07) is 4.89. The summed E-state index contributed by atoms with van der Waals surface area (Å²) >= 11 is 6.12. The molecule has 1 aromatic rings. The minimum absolute atomic E-state index is 0.00886. The van der Waals surface area contributed by atoms with E-state index in [-0.39, 0.29) is 17.9 Å². The number of anilines is 1. The van der Waals surface area contributed by atoms with E-state index in [2.05, 4.69) is 10.6 Å². The summed E-state index contributed by atoms with van der Waals surface area (Å²) in [6.07, 6.45) is 3.14. The number of ether oxygens (including phenoxy) is 1. The van der Waals surface area contributed by atoms with Crippen molar-refractivity contribution in [2.45, 2.75) is 38.7 Å². The molecule has 0 unspecified atom stereocenters. The first-order valence-corrected chi connectivity index (χ1v) is 7.97. The first-order valence-electron chi connectivity index (χ1n) is 7.59. The second kappa shape index (κ2) is 8.15. The molecule has 1 heterocycles. The number of halogens is 1. The van der Waals surface area contributed by atoms with Crippen LogP contribution in [-0.4, -0.2) is 31.1 Å². The fourth-order valence-electron chi connectivity index (χ4n) is 2.33. The van der Waals surface area contributed by atoms with Crippen molar-refractivity contribution in [2.75, 3.05) is 18.5 Å². The van der Waals surface area contributed by atoms with Crippen LogP contribution in [0.15, 0.2) is 18.2 Å². The maximum atomic E-state index is 11.9. The highest BCUT2D eigenvalue weighted by Crippen LogP contribution is 2.22. The highest BCUT2D eigenvalue weighted by Gasteiger charge is 2.19. The van der Waals surface area contributed by atoms with Crippen molar-refractivity contribution in [3.63, 3.8) is 0 Å². The normalized spacial score (nSPS) is 17.3. The van der Waals surface area contributed by atoms with Crippen LogP contribution in [0.2, 0.25) is 5.02 Å². The Morgan fingerprint density at radius 1 is 1.41 bits per heavy atom. The average molecular weight is 325 g/mol. The summed E-state index contributed by atoms with van der Waals surface area (Å²) in [5, 5.41) is 5.88. The molecule has 1 fully saturated rings. The Labute approximate surface area is 135 Å². The minimum Gasteiger partial charge on any atom is -0.378 e. The lowest BCUT2D eigenvalue weighted by Crippen LogP contribution is -2.24. The van der Waals surface area contributed by atoms with E-state index in [0.29, 0.717) is 29.2 Å². The van der Waals surface area contributed by atoms with Crippen molar-refractivity contribution in [3.05, 3.63) is 28.8 Å². The van der Waals surface area contributed by atoms with Gasteiger partial charge in [0.05, 0.1) is 23.1 Å². The van der Waals surface area contributed by atoms with E-state index >= 15 is 0 Å². The summed E-state index contributed by atoms with van der Waals surface area (Å²) in [5.74, 6) is -0.310. The first kappa shape index (κ1) is 16.8. The smallest absolute Gasteiger partial charge is 0.252 e. The van der Waals surface area contributed by atoms with E-state index in [0.717, 1.165) is 25.9 Å². The molecule has 1 aliphatic heterocycles. The average Bonchev–Trinajstić information content (AvgIpc) is 2.97. The van der Waals surface area contributed by atoms with Gasteiger partial charge in [-0.15, -0.1) is 0 Å². The van der Waals surface area contributed by atoms with Gasteiger partial charge in [0.15, 0.2) is 0 Å². The fourth-order valence-corrected chi connectivity index (χ4v) is 2.60. The standard InChI is InChI=1S/C16H21ClN2O3/c1-2-7-18-16(21)13-6-5-11(9-14(13)17)19-15(20)10-12-4-3-8-22-12/h5-6,9,12H,2-4,7-8,10H2,1H3,(H,18,21)(H,19,20)/t12-/m1/s1. The first-order chi connectivity index (χ1) is 10.6. The molecule has 5 nitrogen and oxygen atoms in total. The Morgan fingerprint density at radius 2 is 2.23 bits per heavy atom. The highest BCUT2D eigenvalue weighted by molar-refractivity contribution is 6.34. The topological polar surface area (TPSA) is 67.4 Å². The molecule has 2 amide bonds. The predicted octanol–water partition coefficient (Wildman–Crippen LogP) is 2.99. The van der Waals surface area contributed by atoms with E-state index < -0.39 is 0 Å². The van der Waals surface area contributed by atoms with E-state index in [9.17, 15) is 9.59 Å². The summed E-state index contributed by atoms with van der Waals surface area (Å²) in [7, 11) is 0. The Kier molecular flexibility index (Phi) is 6.21. The molecule has 0 radical (unpaired) electrons. The Morgan fingerprint density at radius 3 is 2.86 bits per heavy atom. The monoisotopic (exact) mass is 324 g/mol. The number of carbonyl (C=O) groups is 2. The van der Waals surface area contributed by atoms with Gasteiger partial charge in [0.1, 0.15) is 0 Å². The molecule has 1 aromatic carbocycles. The molecule has 1 saturated heterocycles. The lowest BCUT2D eigenvalue weighted by atomic mass is 10.1. The molecule has 6 heteroatoms. The van der Waals surface area contributed by atoms with Crippen molar-refractivity contribution in [1.82, 2.24) is 5.32 Å². The van der Waals surface area contributed by atoms with E-state index in [4.69, 9.17) is 16.3 Å². The maximum Gasteiger partial charge on any atom is 0.252 e. The van der Waals surface area contributed by atoms with Gasteiger partial charge < -0.3 is 15.4 Å². The molecule has 0 spiro atoms. The molecule has 1 atom stereocenters. The van der Waals surface area contributed by atoms with Gasteiger partial charge in [-0.2, -0.15) is 0 Å². The molecule has 0 bridgehead atoms. The fraction of sp³-hybridized carbons (Fsp3) is 0.500. The predicted molar refractivity (Wildman–Crippen MR) is 86.3 cm³/mol. The van der Waals surface area contributed by atoms with Crippen LogP contribution in [0.5, 0.6) is 0 Å². The van der Waals surface area contributed by atoms with Crippen molar-refractivity contribution < 1.29 is 14.3 Å². The van der Waals surface area contributed by atoms with E-state index in [1.807, 2.05) is 6.92 Å². The van der Waals surface area contributed by atoms with Crippen molar-refractivity contribution in [2.24, 2.45) is 0 Å². The Balaban J connectivity index is 1.93. The number of hydrogen-bond donors (Lipinski definition) is 2. The molecule has 120 valence electrons. The third kappa shape index (κ3) is 4.71. The molecule has 22 heavy (non-hydrogen) atoms. The number of carbonyl (C=O) groups excluding carboxylic acids is 2. The Hall–Kier alpha value is -1.59. The number of nitrogens with one attached hydrogen (secondary N) is 2. The van der Waals surface area contributed by atoms with Crippen LogP contribution in [0.25, 0.3) is 0 Å². The SMILES string of the molecule is CCCNC(=O)c1ccc(NC(=O)C[C@H]2CCCO2)cc1Cl. The minimum atomic E-state index is -0.205. The third-order valence-electron chi connectivity index (χ3n) is 3.47. The van der Waals surface area contributed by atoms with Crippen LogP contribution in [0.1, 0.15) is 43.0 Å². The molecule has 2 rings (SSSR count). The Bertz CT molecular complexity index is 542. The molecule has 0 aliphatic carbocycles. The molecular formula is C16H21ClN2O3. The summed E-state index contributed by atoms with van der Waals surface area (Å²) in [4.78, 5) is 23.8. The maximum absolute atomic E-state index is 11.9. The van der Waals surface area contributed by atoms with Crippen LogP contribution < -0.4 is 10.6 Å². The van der Waals surface area contributed by atoms with Crippen molar-refractivity contribution in [1.29, 1.82) is 0 Å². The van der Waals surface area contributed by atoms with Crippen LogP contribution in [-0.2, 0) is 9.53 Å². The summed E-state index contributed by atoms with van der Waals surface area (Å²) in [5.41, 5.74) is 0.993. The van der Waals surface area contributed by atoms with Crippen LogP contribution in [0, 0.1) is 0 Å². The zero-order valence-electron chi connectivity index (χ0n) is 12.7. The number of rotatable bonds is 6. The molecule has 1 aliphatic rings. The van der Waals surface area contributed by atoms with Crippen molar-refractivity contribution >= 4 is 29.1 Å².